The van der Waals surface area contributed by atoms with Crippen molar-refractivity contribution in [2.45, 2.75) is 6.92 Å². The number of benzene rings is 2. The van der Waals surface area contributed by atoms with Crippen LogP contribution in [0.5, 0.6) is 0 Å². The van der Waals surface area contributed by atoms with E-state index in [0.29, 0.717) is 16.4 Å². The van der Waals surface area contributed by atoms with Crippen LogP contribution < -0.4 is 16.6 Å². The summed E-state index contributed by atoms with van der Waals surface area (Å²) < 4.78 is 0.918. The second-order valence-electron chi connectivity index (χ2n) is 5.42. The Labute approximate surface area is 147 Å². The maximum absolute atomic E-state index is 12.6. The van der Waals surface area contributed by atoms with Crippen LogP contribution in [0.3, 0.4) is 0 Å². The number of rotatable bonds is 3. The first-order valence-electron chi connectivity index (χ1n) is 7.45. The Hall–Kier alpha value is -3.12. The van der Waals surface area contributed by atoms with E-state index in [9.17, 15) is 14.4 Å². The predicted octanol–water partition coefficient (Wildman–Crippen LogP) is 2.74. The van der Waals surface area contributed by atoms with Crippen LogP contribution >= 0.6 is 11.6 Å². The van der Waals surface area contributed by atoms with Crippen molar-refractivity contribution in [3.8, 4) is 5.69 Å². The predicted molar refractivity (Wildman–Crippen MR) is 96.8 cm³/mol. The molecule has 6 nitrogen and oxygen atoms in total. The molecule has 0 saturated heterocycles. The van der Waals surface area contributed by atoms with E-state index in [1.54, 1.807) is 48.5 Å². The van der Waals surface area contributed by atoms with E-state index < -0.39 is 17.2 Å². The standard InChI is InChI=1S/C18H14ClN3O3/c1-11-6-8-12(9-7-11)22-17(24)13(10-20-18(22)25)16(23)21-15-5-3-2-4-14(15)19/h2-10H,1H3,(H,20,25)(H,21,23). The summed E-state index contributed by atoms with van der Waals surface area (Å²) in [5.74, 6) is -0.657. The lowest BCUT2D eigenvalue weighted by Crippen LogP contribution is -2.38. The second-order valence-corrected chi connectivity index (χ2v) is 5.82. The number of hydrogen-bond donors (Lipinski definition) is 2. The molecule has 2 N–H and O–H groups in total. The van der Waals surface area contributed by atoms with Crippen molar-refractivity contribution in [1.29, 1.82) is 0 Å². The third-order valence-corrected chi connectivity index (χ3v) is 3.97. The normalized spacial score (nSPS) is 10.5. The summed E-state index contributed by atoms with van der Waals surface area (Å²) in [6, 6.07) is 13.5. The molecular weight excluding hydrogens is 342 g/mol. The number of anilines is 1. The van der Waals surface area contributed by atoms with E-state index in [1.165, 1.54) is 0 Å². The van der Waals surface area contributed by atoms with Gasteiger partial charge in [0.15, 0.2) is 0 Å². The van der Waals surface area contributed by atoms with Crippen LogP contribution in [-0.4, -0.2) is 15.5 Å². The molecule has 2 aromatic carbocycles. The van der Waals surface area contributed by atoms with Gasteiger partial charge in [0.1, 0.15) is 5.56 Å². The zero-order chi connectivity index (χ0) is 18.0. The third kappa shape index (κ3) is 3.39. The number of amides is 1. The van der Waals surface area contributed by atoms with Gasteiger partial charge in [0.2, 0.25) is 0 Å². The number of aromatic amines is 1. The molecular formula is C18H14ClN3O3. The molecule has 0 unspecified atom stereocenters. The summed E-state index contributed by atoms with van der Waals surface area (Å²) in [5.41, 5.74) is 0.215. The molecule has 0 saturated carbocycles. The molecule has 0 radical (unpaired) electrons. The van der Waals surface area contributed by atoms with Gasteiger partial charge in [-0.2, -0.15) is 0 Å². The van der Waals surface area contributed by atoms with Gasteiger partial charge in [-0.05, 0) is 31.2 Å². The van der Waals surface area contributed by atoms with Crippen LogP contribution in [0.25, 0.3) is 5.69 Å². The van der Waals surface area contributed by atoms with Crippen molar-refractivity contribution in [2.24, 2.45) is 0 Å². The van der Waals surface area contributed by atoms with E-state index in [2.05, 4.69) is 10.3 Å². The molecule has 0 aliphatic carbocycles. The van der Waals surface area contributed by atoms with Gasteiger partial charge in [-0.15, -0.1) is 0 Å². The van der Waals surface area contributed by atoms with E-state index in [-0.39, 0.29) is 5.56 Å². The molecule has 1 heterocycles. The average molecular weight is 356 g/mol. The Kier molecular flexibility index (Phi) is 4.54. The zero-order valence-corrected chi connectivity index (χ0v) is 14.0. The van der Waals surface area contributed by atoms with Crippen LogP contribution in [0.15, 0.2) is 64.3 Å². The lowest BCUT2D eigenvalue weighted by atomic mass is 10.2. The minimum atomic E-state index is -0.711. The lowest BCUT2D eigenvalue weighted by molar-refractivity contribution is 0.102. The number of hydrogen-bond acceptors (Lipinski definition) is 3. The highest BCUT2D eigenvalue weighted by molar-refractivity contribution is 6.33. The number of nitrogens with one attached hydrogen (secondary N) is 2. The number of halogens is 1. The molecule has 0 atom stereocenters. The van der Waals surface area contributed by atoms with Gasteiger partial charge >= 0.3 is 5.69 Å². The van der Waals surface area contributed by atoms with Crippen molar-refractivity contribution in [3.05, 3.63) is 91.7 Å². The molecule has 3 aromatic rings. The topological polar surface area (TPSA) is 84.0 Å². The lowest BCUT2D eigenvalue weighted by Gasteiger charge is -2.09. The smallest absolute Gasteiger partial charge is 0.320 e. The Bertz CT molecular complexity index is 1050. The molecule has 0 aliphatic rings. The molecule has 126 valence electrons. The number of H-pyrrole nitrogens is 1. The van der Waals surface area contributed by atoms with Gasteiger partial charge in [-0.1, -0.05) is 41.4 Å². The van der Waals surface area contributed by atoms with E-state index >= 15 is 0 Å². The van der Waals surface area contributed by atoms with Gasteiger partial charge in [-0.3, -0.25) is 9.59 Å². The fourth-order valence-electron chi connectivity index (χ4n) is 2.32. The van der Waals surface area contributed by atoms with Crippen LogP contribution in [-0.2, 0) is 0 Å². The molecule has 0 spiro atoms. The molecule has 3 rings (SSSR count). The minimum Gasteiger partial charge on any atom is -0.320 e. The second kappa shape index (κ2) is 6.78. The molecule has 0 bridgehead atoms. The molecule has 1 amide bonds. The Balaban J connectivity index is 2.04. The van der Waals surface area contributed by atoms with Crippen molar-refractivity contribution in [3.63, 3.8) is 0 Å². The van der Waals surface area contributed by atoms with Crippen molar-refractivity contribution in [2.75, 3.05) is 5.32 Å². The van der Waals surface area contributed by atoms with E-state index in [4.69, 9.17) is 11.6 Å². The van der Waals surface area contributed by atoms with Gasteiger partial charge in [-0.25, -0.2) is 9.36 Å². The molecule has 0 aliphatic heterocycles. The fraction of sp³-hybridized carbons (Fsp3) is 0.0556. The van der Waals surface area contributed by atoms with Gasteiger partial charge in [0.05, 0.1) is 16.4 Å². The highest BCUT2D eigenvalue weighted by atomic mass is 35.5. The molecule has 1 aromatic heterocycles. The van der Waals surface area contributed by atoms with Crippen molar-refractivity contribution >= 4 is 23.2 Å². The first-order chi connectivity index (χ1) is 12.0. The summed E-state index contributed by atoms with van der Waals surface area (Å²) in [7, 11) is 0. The number of carbonyl (C=O) groups is 1. The summed E-state index contributed by atoms with van der Waals surface area (Å²) in [4.78, 5) is 39.6. The zero-order valence-electron chi connectivity index (χ0n) is 13.2. The van der Waals surface area contributed by atoms with Crippen molar-refractivity contribution in [1.82, 2.24) is 9.55 Å². The van der Waals surface area contributed by atoms with E-state index in [0.717, 1.165) is 16.3 Å². The highest BCUT2D eigenvalue weighted by Gasteiger charge is 2.16. The molecule has 25 heavy (non-hydrogen) atoms. The summed E-state index contributed by atoms with van der Waals surface area (Å²) in [6.45, 7) is 1.89. The quantitative estimate of drug-likeness (QED) is 0.757. The van der Waals surface area contributed by atoms with Gasteiger partial charge < -0.3 is 10.3 Å². The van der Waals surface area contributed by atoms with Crippen LogP contribution in [0, 0.1) is 6.92 Å². The minimum absolute atomic E-state index is 0.194. The number of para-hydroxylation sites is 1. The van der Waals surface area contributed by atoms with Gasteiger partial charge in [0.25, 0.3) is 11.5 Å². The van der Waals surface area contributed by atoms with E-state index in [1.807, 2.05) is 6.92 Å². The third-order valence-electron chi connectivity index (χ3n) is 3.64. The monoisotopic (exact) mass is 355 g/mol. The number of nitrogens with zero attached hydrogens (tertiary/aromatic N) is 1. The van der Waals surface area contributed by atoms with Crippen LogP contribution in [0.2, 0.25) is 5.02 Å². The average Bonchev–Trinajstić information content (AvgIpc) is 2.58. The largest absolute Gasteiger partial charge is 0.333 e. The van der Waals surface area contributed by atoms with Gasteiger partial charge in [0, 0.05) is 6.20 Å². The number of carbonyl (C=O) groups excluding carboxylic acids is 1. The molecule has 7 heteroatoms. The summed E-state index contributed by atoms with van der Waals surface area (Å²) >= 11 is 6.01. The maximum atomic E-state index is 12.6. The Morgan fingerprint density at radius 1 is 1.08 bits per heavy atom. The fourth-order valence-corrected chi connectivity index (χ4v) is 2.50. The number of aromatic nitrogens is 2. The first-order valence-corrected chi connectivity index (χ1v) is 7.83. The SMILES string of the molecule is Cc1ccc(-n2c(=O)[nH]cc(C(=O)Nc3ccccc3Cl)c2=O)cc1. The Morgan fingerprint density at radius 3 is 2.44 bits per heavy atom. The maximum Gasteiger partial charge on any atom is 0.333 e. The molecule has 0 fully saturated rings. The Morgan fingerprint density at radius 2 is 1.76 bits per heavy atom. The summed E-state index contributed by atoms with van der Waals surface area (Å²) in [6.07, 6.45) is 1.10. The van der Waals surface area contributed by atoms with Crippen LogP contribution in [0.1, 0.15) is 15.9 Å². The highest BCUT2D eigenvalue weighted by Crippen LogP contribution is 2.20. The van der Waals surface area contributed by atoms with Crippen molar-refractivity contribution < 1.29 is 4.79 Å². The summed E-state index contributed by atoms with van der Waals surface area (Å²) in [5, 5.41) is 2.91. The number of aryl methyl sites for hydroxylation is 1. The first kappa shape index (κ1) is 16.7. The van der Waals surface area contributed by atoms with Crippen LogP contribution in [0.4, 0.5) is 5.69 Å².